The van der Waals surface area contributed by atoms with Crippen molar-refractivity contribution in [3.63, 3.8) is 0 Å². The Morgan fingerprint density at radius 2 is 1.77 bits per heavy atom. The van der Waals surface area contributed by atoms with Crippen LogP contribution in [0.25, 0.3) is 22.4 Å². The Hall–Kier alpha value is -4.62. The average molecular weight is 574 g/mol. The predicted octanol–water partition coefficient (Wildman–Crippen LogP) is 6.61. The number of para-hydroxylation sites is 1. The van der Waals surface area contributed by atoms with Gasteiger partial charge in [-0.15, -0.1) is 0 Å². The lowest BCUT2D eigenvalue weighted by Crippen LogP contribution is -2.51. The first kappa shape index (κ1) is 28.5. The summed E-state index contributed by atoms with van der Waals surface area (Å²) >= 11 is 0. The number of rotatable bonds is 11. The van der Waals surface area contributed by atoms with Crippen LogP contribution in [0.15, 0.2) is 97.1 Å². The fraction of sp³-hybridized carbons (Fsp3) is 0.278. The number of aromatic amines is 1. The van der Waals surface area contributed by atoms with Gasteiger partial charge in [0, 0.05) is 43.3 Å². The topological polar surface area (TPSA) is 82.3 Å². The first-order chi connectivity index (χ1) is 21.1. The number of anilines is 2. The molecule has 3 N–H and O–H groups in total. The second-order valence-electron chi connectivity index (χ2n) is 11.1. The lowest BCUT2D eigenvalue weighted by Gasteiger charge is -2.35. The van der Waals surface area contributed by atoms with E-state index in [1.54, 1.807) is 0 Å². The number of H-pyrrole nitrogens is 1. The Morgan fingerprint density at radius 1 is 0.953 bits per heavy atom. The van der Waals surface area contributed by atoms with Gasteiger partial charge >= 0.3 is 0 Å². The number of nitrogens with zero attached hydrogens (tertiary/aromatic N) is 2. The Balaban J connectivity index is 1.00. The molecule has 1 saturated heterocycles. The van der Waals surface area contributed by atoms with Crippen LogP contribution in [0.1, 0.15) is 30.9 Å². The molecule has 0 radical (unpaired) electrons. The van der Waals surface area contributed by atoms with Crippen molar-refractivity contribution in [1.29, 1.82) is 0 Å². The number of piperazine rings is 1. The number of hydrogen-bond acceptors (Lipinski definition) is 5. The molecule has 2 heterocycles. The van der Waals surface area contributed by atoms with Gasteiger partial charge in [-0.3, -0.25) is 4.79 Å². The zero-order valence-electron chi connectivity index (χ0n) is 24.7. The van der Waals surface area contributed by atoms with Crippen LogP contribution in [0.2, 0.25) is 0 Å². The first-order valence-corrected chi connectivity index (χ1v) is 15.3. The van der Waals surface area contributed by atoms with Crippen LogP contribution in [0.3, 0.4) is 0 Å². The van der Waals surface area contributed by atoms with Gasteiger partial charge in [-0.25, -0.2) is 4.98 Å². The lowest BCUT2D eigenvalue weighted by atomic mass is 10.1. The number of carbonyl (C=O) groups is 1. The highest BCUT2D eigenvalue weighted by Gasteiger charge is 2.22. The van der Waals surface area contributed by atoms with Crippen molar-refractivity contribution in [3.8, 4) is 17.1 Å². The van der Waals surface area contributed by atoms with Gasteiger partial charge in [-0.05, 0) is 66.8 Å². The van der Waals surface area contributed by atoms with E-state index < -0.39 is 0 Å². The Bertz CT molecular complexity index is 1630. The number of carbonyl (C=O) groups excluding carboxylic acids is 1. The molecule has 1 aliphatic rings. The smallest absolute Gasteiger partial charge is 0.224 e. The van der Waals surface area contributed by atoms with E-state index in [2.05, 4.69) is 69.9 Å². The summed E-state index contributed by atoms with van der Waals surface area (Å²) in [6.07, 6.45) is 3.10. The molecule has 6 rings (SSSR count). The predicted molar refractivity (Wildman–Crippen MR) is 175 cm³/mol. The largest absolute Gasteiger partial charge is 0.494 e. The van der Waals surface area contributed by atoms with Crippen molar-refractivity contribution in [3.05, 3.63) is 108 Å². The Morgan fingerprint density at radius 3 is 2.56 bits per heavy atom. The molecule has 0 aliphatic carbocycles. The molecule has 7 nitrogen and oxygen atoms in total. The molecule has 220 valence electrons. The number of nitrogens with one attached hydrogen (secondary N) is 3. The van der Waals surface area contributed by atoms with Gasteiger partial charge in [-0.1, -0.05) is 67.6 Å². The summed E-state index contributed by atoms with van der Waals surface area (Å²) in [5, 5.41) is 6.63. The van der Waals surface area contributed by atoms with Crippen LogP contribution in [0, 0.1) is 0 Å². The number of hydrogen-bond donors (Lipinski definition) is 3. The van der Waals surface area contributed by atoms with E-state index >= 15 is 0 Å². The van der Waals surface area contributed by atoms with Crippen LogP contribution in [0.5, 0.6) is 5.75 Å². The lowest BCUT2D eigenvalue weighted by molar-refractivity contribution is -0.116. The van der Waals surface area contributed by atoms with Crippen LogP contribution in [-0.2, 0) is 17.6 Å². The third-order valence-electron chi connectivity index (χ3n) is 8.08. The van der Waals surface area contributed by atoms with Crippen molar-refractivity contribution in [1.82, 2.24) is 15.3 Å². The van der Waals surface area contributed by atoms with Crippen LogP contribution in [0.4, 0.5) is 11.4 Å². The quantitative estimate of drug-likeness (QED) is 0.166. The van der Waals surface area contributed by atoms with E-state index in [1.807, 2.05) is 54.6 Å². The van der Waals surface area contributed by atoms with Crippen molar-refractivity contribution in [2.75, 3.05) is 36.5 Å². The molecule has 4 aromatic carbocycles. The molecule has 1 aromatic heterocycles. The van der Waals surface area contributed by atoms with Crippen molar-refractivity contribution >= 4 is 28.3 Å². The molecule has 0 spiro atoms. The molecule has 1 aliphatic heterocycles. The molecule has 0 saturated carbocycles. The molecule has 7 heteroatoms. The Labute approximate surface area is 253 Å². The number of imidazole rings is 1. The minimum absolute atomic E-state index is 0.0119. The van der Waals surface area contributed by atoms with Gasteiger partial charge in [0.1, 0.15) is 17.1 Å². The van der Waals surface area contributed by atoms with Gasteiger partial charge in [0.25, 0.3) is 0 Å². The first-order valence-electron chi connectivity index (χ1n) is 15.3. The fourth-order valence-electron chi connectivity index (χ4n) is 5.62. The average Bonchev–Trinajstić information content (AvgIpc) is 3.50. The fourth-order valence-corrected chi connectivity index (χ4v) is 5.62. The van der Waals surface area contributed by atoms with Crippen LogP contribution >= 0.6 is 0 Å². The van der Waals surface area contributed by atoms with Crippen LogP contribution < -0.4 is 20.3 Å². The number of aromatic nitrogens is 2. The van der Waals surface area contributed by atoms with Crippen molar-refractivity contribution in [2.45, 2.75) is 38.6 Å². The second kappa shape index (κ2) is 13.6. The van der Waals surface area contributed by atoms with Crippen LogP contribution in [-0.4, -0.2) is 48.2 Å². The van der Waals surface area contributed by atoms with E-state index in [-0.39, 0.29) is 5.91 Å². The van der Waals surface area contributed by atoms with Gasteiger partial charge in [0.05, 0.1) is 17.8 Å². The third kappa shape index (κ3) is 7.24. The number of aryl methyl sites for hydroxylation is 2. The highest BCUT2D eigenvalue weighted by atomic mass is 16.5. The summed E-state index contributed by atoms with van der Waals surface area (Å²) in [6, 6.07) is 33.0. The molecule has 1 atom stereocenters. The highest BCUT2D eigenvalue weighted by molar-refractivity contribution is 5.91. The van der Waals surface area contributed by atoms with Gasteiger partial charge in [0.15, 0.2) is 0 Å². The molecular weight excluding hydrogens is 534 g/mol. The van der Waals surface area contributed by atoms with E-state index in [0.29, 0.717) is 19.1 Å². The van der Waals surface area contributed by atoms with Gasteiger partial charge in [0.2, 0.25) is 5.91 Å². The summed E-state index contributed by atoms with van der Waals surface area (Å²) in [7, 11) is 0. The van der Waals surface area contributed by atoms with E-state index in [9.17, 15) is 4.79 Å². The number of ether oxygens (including phenoxy) is 1. The molecule has 1 unspecified atom stereocenters. The van der Waals surface area contributed by atoms with Crippen molar-refractivity contribution in [2.24, 2.45) is 0 Å². The molecule has 5 aromatic rings. The summed E-state index contributed by atoms with van der Waals surface area (Å²) in [5.41, 5.74) is 7.61. The minimum atomic E-state index is 0.0119. The van der Waals surface area contributed by atoms with E-state index in [0.717, 1.165) is 78.3 Å². The summed E-state index contributed by atoms with van der Waals surface area (Å²) in [5.74, 6) is 1.72. The van der Waals surface area contributed by atoms with E-state index in [4.69, 9.17) is 9.72 Å². The molecule has 43 heavy (non-hydrogen) atoms. The minimum Gasteiger partial charge on any atom is -0.494 e. The zero-order valence-corrected chi connectivity index (χ0v) is 24.7. The maximum absolute atomic E-state index is 12.3. The van der Waals surface area contributed by atoms with E-state index in [1.165, 1.54) is 11.3 Å². The highest BCUT2D eigenvalue weighted by Crippen LogP contribution is 2.29. The van der Waals surface area contributed by atoms with Gasteiger partial charge in [-0.2, -0.15) is 0 Å². The summed E-state index contributed by atoms with van der Waals surface area (Å²) in [6.45, 7) is 5.52. The maximum atomic E-state index is 12.3. The number of amides is 1. The molecular formula is C36H39N5O2. The molecule has 0 bridgehead atoms. The Kier molecular flexibility index (Phi) is 8.99. The monoisotopic (exact) mass is 573 g/mol. The van der Waals surface area contributed by atoms with Crippen molar-refractivity contribution < 1.29 is 9.53 Å². The molecule has 1 amide bonds. The normalized spacial score (nSPS) is 15.0. The standard InChI is InChI=1S/C36H39N5O2/c1-2-26-11-14-28(15-12-26)36-39-32-9-6-10-33(35(32)40-36)41-23-22-37-30(25-41)21-24-43-31-18-16-29(17-19-31)38-34(42)20-13-27-7-4-3-5-8-27/h3-12,14-19,30,37H,2,13,20-25H2,1H3,(H,38,42)(H,39,40). The van der Waals surface area contributed by atoms with Gasteiger partial charge < -0.3 is 25.3 Å². The maximum Gasteiger partial charge on any atom is 0.224 e. The molecule has 1 fully saturated rings. The summed E-state index contributed by atoms with van der Waals surface area (Å²) < 4.78 is 6.07. The third-order valence-corrected chi connectivity index (χ3v) is 8.08. The SMILES string of the molecule is CCc1ccc(-c2nc3c(N4CCNC(CCOc5ccc(NC(=O)CCc6ccccc6)cc5)C4)cccc3[nH]2)cc1. The number of fused-ring (bicyclic) bond motifs is 1. The zero-order chi connectivity index (χ0) is 29.4. The second-order valence-corrected chi connectivity index (χ2v) is 11.1. The number of benzene rings is 4. The summed E-state index contributed by atoms with van der Waals surface area (Å²) in [4.78, 5) is 23.3.